The molecule has 0 unspecified atom stereocenters. The number of anilines is 1. The molecule has 9 heteroatoms. The first-order valence-electron chi connectivity index (χ1n) is 4.60. The molecular weight excluding hydrogens is 344 g/mol. The molecule has 0 radical (unpaired) electrons. The van der Waals surface area contributed by atoms with Gasteiger partial charge in [0.2, 0.25) is 5.28 Å². The van der Waals surface area contributed by atoms with Crippen LogP contribution < -0.4 is 4.72 Å². The Balaban J connectivity index is 2.33. The zero-order chi connectivity index (χ0) is 13.2. The van der Waals surface area contributed by atoms with Gasteiger partial charge >= 0.3 is 0 Å². The predicted octanol–water partition coefficient (Wildman–Crippen LogP) is 2.09. The molecule has 0 atom stereocenters. The van der Waals surface area contributed by atoms with Crippen LogP contribution in [0.25, 0.3) is 0 Å². The van der Waals surface area contributed by atoms with E-state index in [1.54, 1.807) is 12.1 Å². The van der Waals surface area contributed by atoms with Gasteiger partial charge in [-0.1, -0.05) is 0 Å². The van der Waals surface area contributed by atoms with Gasteiger partial charge in [0.15, 0.2) is 5.82 Å². The molecule has 0 fully saturated rings. The van der Waals surface area contributed by atoms with Gasteiger partial charge in [-0.25, -0.2) is 23.4 Å². The molecule has 1 N–H and O–H groups in total. The molecule has 0 spiro atoms. The lowest BCUT2D eigenvalue weighted by molar-refractivity contribution is 0.600. The highest BCUT2D eigenvalue weighted by Crippen LogP contribution is 2.21. The van der Waals surface area contributed by atoms with Crippen LogP contribution >= 0.6 is 27.5 Å². The molecule has 0 aliphatic carbocycles. The molecule has 2 aromatic rings. The van der Waals surface area contributed by atoms with Crippen LogP contribution in [-0.4, -0.2) is 23.4 Å². The van der Waals surface area contributed by atoms with E-state index in [-0.39, 0.29) is 16.0 Å². The Morgan fingerprint density at radius 2 is 1.89 bits per heavy atom. The third kappa shape index (κ3) is 2.95. The van der Waals surface area contributed by atoms with Crippen molar-refractivity contribution < 1.29 is 8.42 Å². The second-order valence-corrected chi connectivity index (χ2v) is 6.00. The fraction of sp³-hybridized carbons (Fsp3) is 0. The van der Waals surface area contributed by atoms with E-state index in [9.17, 15) is 8.42 Å². The first kappa shape index (κ1) is 13.2. The van der Waals surface area contributed by atoms with Crippen molar-refractivity contribution >= 4 is 43.4 Å². The highest BCUT2D eigenvalue weighted by atomic mass is 79.9. The van der Waals surface area contributed by atoms with Crippen molar-refractivity contribution in [2.75, 3.05) is 4.72 Å². The summed E-state index contributed by atoms with van der Waals surface area (Å²) in [4.78, 5) is 11.0. The molecule has 2 rings (SSSR count). The highest BCUT2D eigenvalue weighted by Gasteiger charge is 2.17. The molecule has 0 bridgehead atoms. The molecule has 6 nitrogen and oxygen atoms in total. The highest BCUT2D eigenvalue weighted by molar-refractivity contribution is 9.10. The lowest BCUT2D eigenvalue weighted by Gasteiger charge is -2.07. The number of aromatic nitrogens is 3. The van der Waals surface area contributed by atoms with E-state index in [2.05, 4.69) is 35.6 Å². The standard InChI is InChI=1S/C9H6BrClN4O2S/c10-7-2-1-3-12-8(7)15-18(16,17)6-4-13-9(11)14-5-6/h1-5H,(H,12,15). The zero-order valence-electron chi connectivity index (χ0n) is 8.71. The van der Waals surface area contributed by atoms with E-state index in [0.717, 1.165) is 12.4 Å². The summed E-state index contributed by atoms with van der Waals surface area (Å²) < 4.78 is 26.8. The van der Waals surface area contributed by atoms with E-state index < -0.39 is 10.0 Å². The minimum Gasteiger partial charge on any atom is -0.262 e. The van der Waals surface area contributed by atoms with E-state index in [1.807, 2.05) is 0 Å². The van der Waals surface area contributed by atoms with E-state index in [1.165, 1.54) is 6.20 Å². The van der Waals surface area contributed by atoms with E-state index in [4.69, 9.17) is 11.6 Å². The SMILES string of the molecule is O=S(=O)(Nc1ncccc1Br)c1cnc(Cl)nc1. The minimum absolute atomic E-state index is 0.0204. The molecule has 0 aliphatic heterocycles. The van der Waals surface area contributed by atoms with Crippen molar-refractivity contribution in [2.45, 2.75) is 4.90 Å². The third-order valence-corrected chi connectivity index (χ3v) is 4.03. The number of pyridine rings is 1. The molecule has 2 heterocycles. The molecule has 18 heavy (non-hydrogen) atoms. The topological polar surface area (TPSA) is 84.8 Å². The van der Waals surface area contributed by atoms with Crippen LogP contribution in [0, 0.1) is 0 Å². The molecule has 0 saturated heterocycles. The minimum atomic E-state index is -3.78. The summed E-state index contributed by atoms with van der Waals surface area (Å²) in [6.45, 7) is 0. The molecule has 0 amide bonds. The summed E-state index contributed by atoms with van der Waals surface area (Å²) in [5.41, 5.74) is 0. The van der Waals surface area contributed by atoms with Gasteiger partial charge in [-0.15, -0.1) is 0 Å². The van der Waals surface area contributed by atoms with Gasteiger partial charge in [0.05, 0.1) is 16.9 Å². The molecule has 0 aromatic carbocycles. The Morgan fingerprint density at radius 1 is 1.22 bits per heavy atom. The summed E-state index contributed by atoms with van der Waals surface area (Å²) in [6, 6.07) is 3.34. The Bertz CT molecular complexity index is 663. The zero-order valence-corrected chi connectivity index (χ0v) is 11.9. The van der Waals surface area contributed by atoms with Gasteiger partial charge in [0.25, 0.3) is 10.0 Å². The Labute approximate surface area is 117 Å². The van der Waals surface area contributed by atoms with Gasteiger partial charge in [-0.3, -0.25) is 4.72 Å². The second kappa shape index (κ2) is 5.17. The van der Waals surface area contributed by atoms with Crippen LogP contribution in [-0.2, 0) is 10.0 Å². The quantitative estimate of drug-likeness (QED) is 0.858. The summed E-state index contributed by atoms with van der Waals surface area (Å²) in [7, 11) is -3.78. The summed E-state index contributed by atoms with van der Waals surface area (Å²) in [6.07, 6.45) is 3.71. The number of rotatable bonds is 3. The number of nitrogens with one attached hydrogen (secondary N) is 1. The van der Waals surface area contributed by atoms with Crippen LogP contribution in [0.15, 0.2) is 40.1 Å². The average molecular weight is 350 g/mol. The number of sulfonamides is 1. The maximum absolute atomic E-state index is 12.0. The number of halogens is 2. The molecule has 0 aliphatic rings. The summed E-state index contributed by atoms with van der Waals surface area (Å²) in [5.74, 6) is 0.187. The van der Waals surface area contributed by atoms with Crippen LogP contribution in [0.5, 0.6) is 0 Å². The van der Waals surface area contributed by atoms with Crippen molar-refractivity contribution in [1.82, 2.24) is 15.0 Å². The predicted molar refractivity (Wildman–Crippen MR) is 69.8 cm³/mol. The van der Waals surface area contributed by atoms with Crippen LogP contribution in [0.4, 0.5) is 5.82 Å². The van der Waals surface area contributed by atoms with Crippen LogP contribution in [0.2, 0.25) is 5.28 Å². The molecule has 2 aromatic heterocycles. The van der Waals surface area contributed by atoms with E-state index >= 15 is 0 Å². The molecular formula is C9H6BrClN4O2S. The van der Waals surface area contributed by atoms with Crippen molar-refractivity contribution in [3.8, 4) is 0 Å². The molecule has 94 valence electrons. The Morgan fingerprint density at radius 3 is 2.50 bits per heavy atom. The van der Waals surface area contributed by atoms with Crippen molar-refractivity contribution in [1.29, 1.82) is 0 Å². The van der Waals surface area contributed by atoms with Crippen molar-refractivity contribution in [2.24, 2.45) is 0 Å². The Hall–Kier alpha value is -1.25. The van der Waals surface area contributed by atoms with Crippen LogP contribution in [0.3, 0.4) is 0 Å². The maximum Gasteiger partial charge on any atom is 0.266 e. The number of hydrogen-bond acceptors (Lipinski definition) is 5. The first-order valence-corrected chi connectivity index (χ1v) is 7.25. The van der Waals surface area contributed by atoms with Gasteiger partial charge in [0, 0.05) is 6.20 Å². The van der Waals surface area contributed by atoms with Crippen molar-refractivity contribution in [3.63, 3.8) is 0 Å². The Kier molecular flexibility index (Phi) is 3.79. The van der Waals surface area contributed by atoms with Gasteiger partial charge < -0.3 is 0 Å². The lowest BCUT2D eigenvalue weighted by atomic mass is 10.5. The van der Waals surface area contributed by atoms with Crippen molar-refractivity contribution in [3.05, 3.63) is 40.5 Å². The fourth-order valence-corrected chi connectivity index (χ4v) is 2.59. The normalized spacial score (nSPS) is 11.2. The fourth-order valence-electron chi connectivity index (χ4n) is 1.09. The van der Waals surface area contributed by atoms with Gasteiger partial charge in [-0.05, 0) is 39.7 Å². The van der Waals surface area contributed by atoms with Gasteiger partial charge in [-0.2, -0.15) is 0 Å². The number of hydrogen-bond donors (Lipinski definition) is 1. The maximum atomic E-state index is 12.0. The third-order valence-electron chi connectivity index (χ3n) is 1.90. The lowest BCUT2D eigenvalue weighted by Crippen LogP contribution is -2.14. The molecule has 0 saturated carbocycles. The summed E-state index contributed by atoms with van der Waals surface area (Å²) in [5, 5.41) is -0.0204. The van der Waals surface area contributed by atoms with Gasteiger partial charge in [0.1, 0.15) is 4.90 Å². The van der Waals surface area contributed by atoms with Crippen LogP contribution in [0.1, 0.15) is 0 Å². The largest absolute Gasteiger partial charge is 0.266 e. The monoisotopic (exact) mass is 348 g/mol. The number of nitrogens with zero attached hydrogens (tertiary/aromatic N) is 3. The summed E-state index contributed by atoms with van der Waals surface area (Å²) >= 11 is 8.68. The first-order chi connectivity index (χ1) is 8.49. The average Bonchev–Trinajstić information content (AvgIpc) is 2.32. The second-order valence-electron chi connectivity index (χ2n) is 3.13. The van der Waals surface area contributed by atoms with E-state index in [0.29, 0.717) is 4.47 Å². The smallest absolute Gasteiger partial charge is 0.262 e.